The summed E-state index contributed by atoms with van der Waals surface area (Å²) in [6.07, 6.45) is 1.84. The molecule has 1 heterocycles. The molecular weight excluding hydrogens is 240 g/mol. The molecule has 1 aromatic rings. The summed E-state index contributed by atoms with van der Waals surface area (Å²) in [7, 11) is -1.92. The Morgan fingerprint density at radius 3 is 2.53 bits per heavy atom. The number of methoxy groups -OCH3 is 1. The van der Waals surface area contributed by atoms with Crippen molar-refractivity contribution in [2.24, 2.45) is 0 Å². The highest BCUT2D eigenvalue weighted by atomic mass is 32.2. The average molecular weight is 256 g/mol. The summed E-state index contributed by atoms with van der Waals surface area (Å²) in [5, 5.41) is 0. The first kappa shape index (κ1) is 12.2. The molecule has 94 valence electrons. The first-order valence-corrected chi connectivity index (χ1v) is 6.93. The fraction of sp³-hybridized carbons (Fsp3) is 0.455. The molecule has 1 aliphatic heterocycles. The van der Waals surface area contributed by atoms with Gasteiger partial charge in [-0.3, -0.25) is 0 Å². The minimum Gasteiger partial charge on any atom is -0.495 e. The quantitative estimate of drug-likeness (QED) is 0.821. The van der Waals surface area contributed by atoms with Gasteiger partial charge in [0.25, 0.3) is 0 Å². The van der Waals surface area contributed by atoms with Gasteiger partial charge in [0, 0.05) is 19.2 Å². The van der Waals surface area contributed by atoms with Crippen LogP contribution in [0.25, 0.3) is 0 Å². The maximum atomic E-state index is 12.2. The minimum atomic E-state index is -3.39. The lowest BCUT2D eigenvalue weighted by Gasteiger charge is -2.16. The van der Waals surface area contributed by atoms with Crippen LogP contribution in [0.1, 0.15) is 12.8 Å². The highest BCUT2D eigenvalue weighted by Gasteiger charge is 2.27. The topological polar surface area (TPSA) is 72.6 Å². The van der Waals surface area contributed by atoms with E-state index in [9.17, 15) is 8.42 Å². The Bertz CT molecular complexity index is 507. The Labute approximate surface area is 101 Å². The molecule has 5 nitrogen and oxygen atoms in total. The van der Waals surface area contributed by atoms with Crippen molar-refractivity contribution in [1.82, 2.24) is 4.31 Å². The zero-order valence-corrected chi connectivity index (χ0v) is 10.5. The molecule has 0 bridgehead atoms. The first-order valence-electron chi connectivity index (χ1n) is 5.49. The molecule has 1 fully saturated rings. The number of nitrogens with zero attached hydrogens (tertiary/aromatic N) is 1. The molecule has 6 heteroatoms. The van der Waals surface area contributed by atoms with E-state index in [-0.39, 0.29) is 4.90 Å². The molecule has 0 saturated carbocycles. The lowest BCUT2D eigenvalue weighted by Crippen LogP contribution is -2.27. The van der Waals surface area contributed by atoms with E-state index in [2.05, 4.69) is 0 Å². The van der Waals surface area contributed by atoms with E-state index in [0.29, 0.717) is 24.5 Å². The van der Waals surface area contributed by atoms with Gasteiger partial charge < -0.3 is 10.5 Å². The third kappa shape index (κ3) is 2.23. The lowest BCUT2D eigenvalue weighted by atomic mass is 10.3. The fourth-order valence-corrected chi connectivity index (χ4v) is 3.46. The summed E-state index contributed by atoms with van der Waals surface area (Å²) in [6, 6.07) is 4.55. The van der Waals surface area contributed by atoms with Crippen molar-refractivity contribution in [3.63, 3.8) is 0 Å². The smallest absolute Gasteiger partial charge is 0.243 e. The maximum absolute atomic E-state index is 12.2. The van der Waals surface area contributed by atoms with Gasteiger partial charge in [0.15, 0.2) is 0 Å². The van der Waals surface area contributed by atoms with Gasteiger partial charge >= 0.3 is 0 Å². The summed E-state index contributed by atoms with van der Waals surface area (Å²) in [6.45, 7) is 1.18. The summed E-state index contributed by atoms with van der Waals surface area (Å²) in [4.78, 5) is 0.241. The number of nitrogens with two attached hydrogens (primary N) is 1. The summed E-state index contributed by atoms with van der Waals surface area (Å²) in [5.41, 5.74) is 6.10. The third-order valence-corrected chi connectivity index (χ3v) is 4.80. The van der Waals surface area contributed by atoms with Crippen LogP contribution in [0.4, 0.5) is 5.69 Å². The van der Waals surface area contributed by atoms with Crippen LogP contribution in [0.5, 0.6) is 5.75 Å². The van der Waals surface area contributed by atoms with Crippen LogP contribution in [-0.4, -0.2) is 32.9 Å². The molecule has 17 heavy (non-hydrogen) atoms. The van der Waals surface area contributed by atoms with Crippen molar-refractivity contribution in [2.45, 2.75) is 17.7 Å². The van der Waals surface area contributed by atoms with Crippen molar-refractivity contribution in [3.05, 3.63) is 18.2 Å². The Hall–Kier alpha value is -1.27. The molecule has 0 aliphatic carbocycles. The van der Waals surface area contributed by atoms with Gasteiger partial charge in [0.2, 0.25) is 10.0 Å². The molecule has 0 radical (unpaired) electrons. The first-order chi connectivity index (χ1) is 8.05. The zero-order valence-electron chi connectivity index (χ0n) is 9.72. The van der Waals surface area contributed by atoms with Gasteiger partial charge in [-0.2, -0.15) is 4.31 Å². The predicted molar refractivity (Wildman–Crippen MR) is 65.4 cm³/mol. The molecular formula is C11H16N2O3S. The standard InChI is InChI=1S/C11H16N2O3S/c1-16-11-8-9(4-5-10(11)12)17(14,15)13-6-2-3-7-13/h4-5,8H,2-3,6-7,12H2,1H3. The lowest BCUT2D eigenvalue weighted by molar-refractivity contribution is 0.415. The van der Waals surface area contributed by atoms with Crippen molar-refractivity contribution >= 4 is 15.7 Å². The van der Waals surface area contributed by atoms with E-state index in [0.717, 1.165) is 12.8 Å². The summed E-state index contributed by atoms with van der Waals surface area (Å²) >= 11 is 0. The highest BCUT2D eigenvalue weighted by Crippen LogP contribution is 2.27. The van der Waals surface area contributed by atoms with Crippen LogP contribution in [0.15, 0.2) is 23.1 Å². The zero-order chi connectivity index (χ0) is 12.5. The van der Waals surface area contributed by atoms with Gasteiger partial charge in [-0.15, -0.1) is 0 Å². The largest absolute Gasteiger partial charge is 0.495 e. The number of ether oxygens (including phenoxy) is 1. The molecule has 0 atom stereocenters. The number of rotatable bonds is 3. The number of nitrogen functional groups attached to an aromatic ring is 1. The second-order valence-corrected chi connectivity index (χ2v) is 5.95. The van der Waals surface area contributed by atoms with Crippen LogP contribution in [0.3, 0.4) is 0 Å². The fourth-order valence-electron chi connectivity index (χ4n) is 1.93. The van der Waals surface area contributed by atoms with Crippen molar-refractivity contribution < 1.29 is 13.2 Å². The minimum absolute atomic E-state index is 0.241. The molecule has 0 spiro atoms. The molecule has 2 rings (SSSR count). The second-order valence-electron chi connectivity index (χ2n) is 4.01. The molecule has 1 aromatic carbocycles. The van der Waals surface area contributed by atoms with Gasteiger partial charge in [-0.25, -0.2) is 8.42 Å². The molecule has 0 unspecified atom stereocenters. The molecule has 0 aromatic heterocycles. The number of benzene rings is 1. The van der Waals surface area contributed by atoms with Crippen LogP contribution >= 0.6 is 0 Å². The van der Waals surface area contributed by atoms with E-state index >= 15 is 0 Å². The van der Waals surface area contributed by atoms with Crippen LogP contribution in [0, 0.1) is 0 Å². The SMILES string of the molecule is COc1cc(S(=O)(=O)N2CCCC2)ccc1N. The van der Waals surface area contributed by atoms with Crippen molar-refractivity contribution in [1.29, 1.82) is 0 Å². The van der Waals surface area contributed by atoms with Gasteiger partial charge in [0.1, 0.15) is 5.75 Å². The van der Waals surface area contributed by atoms with E-state index in [1.165, 1.54) is 23.5 Å². The monoisotopic (exact) mass is 256 g/mol. The second kappa shape index (κ2) is 4.54. The van der Waals surface area contributed by atoms with Crippen molar-refractivity contribution in [3.8, 4) is 5.75 Å². The maximum Gasteiger partial charge on any atom is 0.243 e. The predicted octanol–water partition coefficient (Wildman–Crippen LogP) is 1.06. The Kier molecular flexibility index (Phi) is 3.26. The highest BCUT2D eigenvalue weighted by molar-refractivity contribution is 7.89. The van der Waals surface area contributed by atoms with E-state index < -0.39 is 10.0 Å². The Balaban J connectivity index is 2.39. The summed E-state index contributed by atoms with van der Waals surface area (Å²) in [5.74, 6) is 0.394. The number of hydrogen-bond acceptors (Lipinski definition) is 4. The third-order valence-electron chi connectivity index (χ3n) is 2.91. The number of anilines is 1. The molecule has 0 amide bonds. The average Bonchev–Trinajstić information content (AvgIpc) is 2.83. The van der Waals surface area contributed by atoms with E-state index in [4.69, 9.17) is 10.5 Å². The van der Waals surface area contributed by atoms with Crippen LogP contribution in [-0.2, 0) is 10.0 Å². The van der Waals surface area contributed by atoms with Crippen LogP contribution < -0.4 is 10.5 Å². The summed E-state index contributed by atoms with van der Waals surface area (Å²) < 4.78 is 31.0. The number of sulfonamides is 1. The molecule has 2 N–H and O–H groups in total. The van der Waals surface area contributed by atoms with Crippen molar-refractivity contribution in [2.75, 3.05) is 25.9 Å². The molecule has 1 saturated heterocycles. The van der Waals surface area contributed by atoms with Gasteiger partial charge in [-0.1, -0.05) is 0 Å². The number of hydrogen-bond donors (Lipinski definition) is 1. The normalized spacial score (nSPS) is 17.2. The Morgan fingerprint density at radius 1 is 1.29 bits per heavy atom. The van der Waals surface area contributed by atoms with Gasteiger partial charge in [-0.05, 0) is 25.0 Å². The van der Waals surface area contributed by atoms with Gasteiger partial charge in [0.05, 0.1) is 17.7 Å². The van der Waals surface area contributed by atoms with E-state index in [1.54, 1.807) is 6.07 Å². The van der Waals surface area contributed by atoms with Crippen LogP contribution in [0.2, 0.25) is 0 Å². The Morgan fingerprint density at radius 2 is 1.94 bits per heavy atom. The molecule has 1 aliphatic rings. The van der Waals surface area contributed by atoms with E-state index in [1.807, 2.05) is 0 Å².